The summed E-state index contributed by atoms with van der Waals surface area (Å²) in [6.45, 7) is 6.73. The predicted octanol–water partition coefficient (Wildman–Crippen LogP) is 3.23. The summed E-state index contributed by atoms with van der Waals surface area (Å²) in [5.41, 5.74) is 0.369. The molecule has 1 heterocycles. The quantitative estimate of drug-likeness (QED) is 0.790. The lowest BCUT2D eigenvalue weighted by Crippen LogP contribution is -2.08. The Morgan fingerprint density at radius 1 is 1.40 bits per heavy atom. The monoisotopic (exact) mass is 226 g/mol. The molecule has 0 aliphatic heterocycles. The van der Waals surface area contributed by atoms with Gasteiger partial charge in [-0.3, -0.25) is 0 Å². The fourth-order valence-electron chi connectivity index (χ4n) is 1.27. The Kier molecular flexibility index (Phi) is 3.05. The van der Waals surface area contributed by atoms with E-state index in [1.54, 1.807) is 0 Å². The largest absolute Gasteiger partial charge is 0.339 e. The van der Waals surface area contributed by atoms with Gasteiger partial charge in [0.25, 0.3) is 0 Å². The van der Waals surface area contributed by atoms with Crippen molar-refractivity contribution in [3.05, 3.63) is 11.7 Å². The number of rotatable bonds is 4. The van der Waals surface area contributed by atoms with Crippen LogP contribution in [0.4, 0.5) is 0 Å². The van der Waals surface area contributed by atoms with Crippen LogP contribution < -0.4 is 0 Å². The van der Waals surface area contributed by atoms with Gasteiger partial charge in [0.05, 0.1) is 5.75 Å². The third kappa shape index (κ3) is 3.52. The lowest BCUT2D eigenvalue weighted by Gasteiger charge is -2.16. The van der Waals surface area contributed by atoms with Crippen molar-refractivity contribution < 1.29 is 4.52 Å². The predicted molar refractivity (Wildman–Crippen MR) is 61.9 cm³/mol. The van der Waals surface area contributed by atoms with E-state index in [1.807, 2.05) is 11.8 Å². The highest BCUT2D eigenvalue weighted by Gasteiger charge is 2.29. The van der Waals surface area contributed by atoms with E-state index in [-0.39, 0.29) is 0 Å². The molecule has 0 bridgehead atoms. The summed E-state index contributed by atoms with van der Waals surface area (Å²) >= 11 is 1.87. The van der Waals surface area contributed by atoms with E-state index in [2.05, 4.69) is 30.9 Å². The van der Waals surface area contributed by atoms with E-state index in [1.165, 1.54) is 12.8 Å². The number of aromatic nitrogens is 2. The zero-order chi connectivity index (χ0) is 10.9. The van der Waals surface area contributed by atoms with Gasteiger partial charge >= 0.3 is 0 Å². The average molecular weight is 226 g/mol. The third-order valence-electron chi connectivity index (χ3n) is 2.18. The van der Waals surface area contributed by atoms with Gasteiger partial charge in [-0.1, -0.05) is 25.9 Å². The van der Waals surface area contributed by atoms with Gasteiger partial charge in [-0.25, -0.2) is 0 Å². The summed E-state index contributed by atoms with van der Waals surface area (Å²) in [7, 11) is 0. The minimum absolute atomic E-state index is 0.369. The Morgan fingerprint density at radius 3 is 2.73 bits per heavy atom. The molecule has 1 aromatic rings. The molecular weight excluding hydrogens is 208 g/mol. The van der Waals surface area contributed by atoms with Crippen LogP contribution >= 0.6 is 11.8 Å². The van der Waals surface area contributed by atoms with Crippen molar-refractivity contribution in [2.45, 2.75) is 45.3 Å². The third-order valence-corrected chi connectivity index (χ3v) is 3.71. The normalized spacial score (nSPS) is 17.0. The number of nitrogens with zero attached hydrogens (tertiary/aromatic N) is 2. The van der Waals surface area contributed by atoms with Crippen molar-refractivity contribution in [1.82, 2.24) is 10.1 Å². The van der Waals surface area contributed by atoms with E-state index in [0.29, 0.717) is 11.3 Å². The van der Waals surface area contributed by atoms with Gasteiger partial charge in [0.1, 0.15) is 0 Å². The second-order valence-electron chi connectivity index (χ2n) is 5.38. The van der Waals surface area contributed by atoms with Gasteiger partial charge in [0.15, 0.2) is 5.82 Å². The lowest BCUT2D eigenvalue weighted by atomic mass is 10.0. The van der Waals surface area contributed by atoms with E-state index in [9.17, 15) is 0 Å². The Labute approximate surface area is 95.0 Å². The van der Waals surface area contributed by atoms with Gasteiger partial charge < -0.3 is 4.52 Å². The van der Waals surface area contributed by atoms with E-state index in [4.69, 9.17) is 4.52 Å². The van der Waals surface area contributed by atoms with Crippen LogP contribution in [0.3, 0.4) is 0 Å². The van der Waals surface area contributed by atoms with Crippen molar-refractivity contribution in [2.24, 2.45) is 5.41 Å². The summed E-state index contributed by atoms with van der Waals surface area (Å²) in [5, 5.41) is 3.99. The van der Waals surface area contributed by atoms with E-state index in [0.717, 1.165) is 23.2 Å². The molecule has 1 fully saturated rings. The Hall–Kier alpha value is -0.510. The molecule has 0 radical (unpaired) electrons. The van der Waals surface area contributed by atoms with Gasteiger partial charge in [0.2, 0.25) is 5.89 Å². The van der Waals surface area contributed by atoms with E-state index < -0.39 is 0 Å². The second-order valence-corrected chi connectivity index (χ2v) is 6.36. The van der Waals surface area contributed by atoms with Crippen molar-refractivity contribution in [1.29, 1.82) is 0 Å². The smallest absolute Gasteiger partial charge is 0.229 e. The van der Waals surface area contributed by atoms with Gasteiger partial charge in [-0.2, -0.15) is 16.7 Å². The number of thioether (sulfide) groups is 1. The molecule has 1 aliphatic rings. The zero-order valence-electron chi connectivity index (χ0n) is 9.62. The fraction of sp³-hybridized carbons (Fsp3) is 0.818. The molecule has 0 unspecified atom stereocenters. The molecule has 2 rings (SSSR count). The summed E-state index contributed by atoms with van der Waals surface area (Å²) in [6.07, 6.45) is 2.44. The molecule has 0 aromatic carbocycles. The maximum Gasteiger partial charge on any atom is 0.229 e. The molecule has 0 saturated heterocycles. The summed E-state index contributed by atoms with van der Waals surface area (Å²) < 4.78 is 5.20. The molecular formula is C11H18N2OS. The van der Waals surface area contributed by atoms with Crippen molar-refractivity contribution in [3.8, 4) is 0 Å². The summed E-state index contributed by atoms with van der Waals surface area (Å²) in [6, 6.07) is 0. The number of hydrogen-bond acceptors (Lipinski definition) is 4. The maximum absolute atomic E-state index is 5.20. The maximum atomic E-state index is 5.20. The topological polar surface area (TPSA) is 38.9 Å². The standard InChI is InChI=1S/C11H18N2OS/c1-11(2,3)7-15-6-9-12-10(14-13-9)8-4-5-8/h8H,4-7H2,1-3H3. The van der Waals surface area contributed by atoms with Crippen LogP contribution in [0.1, 0.15) is 51.2 Å². The molecule has 1 aliphatic carbocycles. The average Bonchev–Trinajstić information content (AvgIpc) is 2.86. The first-order valence-corrected chi connectivity index (χ1v) is 6.60. The van der Waals surface area contributed by atoms with Crippen LogP contribution in [0.2, 0.25) is 0 Å². The Morgan fingerprint density at radius 2 is 2.13 bits per heavy atom. The molecule has 4 heteroatoms. The van der Waals surface area contributed by atoms with Crippen molar-refractivity contribution >= 4 is 11.8 Å². The highest BCUT2D eigenvalue weighted by Crippen LogP contribution is 2.39. The minimum Gasteiger partial charge on any atom is -0.339 e. The molecule has 0 amide bonds. The molecule has 15 heavy (non-hydrogen) atoms. The number of hydrogen-bond donors (Lipinski definition) is 0. The zero-order valence-corrected chi connectivity index (χ0v) is 10.4. The van der Waals surface area contributed by atoms with Crippen LogP contribution in [0.5, 0.6) is 0 Å². The molecule has 1 aromatic heterocycles. The summed E-state index contributed by atoms with van der Waals surface area (Å²) in [5.74, 6) is 4.26. The molecule has 0 N–H and O–H groups in total. The van der Waals surface area contributed by atoms with Gasteiger partial charge in [-0.05, 0) is 24.0 Å². The highest BCUT2D eigenvalue weighted by atomic mass is 32.2. The van der Waals surface area contributed by atoms with Gasteiger partial charge in [0, 0.05) is 5.92 Å². The molecule has 0 spiro atoms. The molecule has 1 saturated carbocycles. The lowest BCUT2D eigenvalue weighted by molar-refractivity contribution is 0.375. The van der Waals surface area contributed by atoms with Crippen LogP contribution in [-0.2, 0) is 5.75 Å². The summed E-state index contributed by atoms with van der Waals surface area (Å²) in [4.78, 5) is 4.39. The van der Waals surface area contributed by atoms with Crippen LogP contribution in [0.15, 0.2) is 4.52 Å². The SMILES string of the molecule is CC(C)(C)CSCc1noc(C2CC2)n1. The fourth-order valence-corrected chi connectivity index (χ4v) is 2.28. The molecule has 3 nitrogen and oxygen atoms in total. The highest BCUT2D eigenvalue weighted by molar-refractivity contribution is 7.98. The minimum atomic E-state index is 0.369. The Bertz CT molecular complexity index is 326. The molecule has 84 valence electrons. The van der Waals surface area contributed by atoms with Gasteiger partial charge in [-0.15, -0.1) is 0 Å². The first-order valence-electron chi connectivity index (χ1n) is 5.45. The van der Waals surface area contributed by atoms with Crippen LogP contribution in [0.25, 0.3) is 0 Å². The van der Waals surface area contributed by atoms with Crippen LogP contribution in [0, 0.1) is 5.41 Å². The van der Waals surface area contributed by atoms with Crippen molar-refractivity contribution in [3.63, 3.8) is 0 Å². The first-order chi connectivity index (χ1) is 7.04. The van der Waals surface area contributed by atoms with Crippen LogP contribution in [-0.4, -0.2) is 15.9 Å². The first kappa shape index (κ1) is 11.0. The second kappa shape index (κ2) is 4.16. The molecule has 0 atom stereocenters. The van der Waals surface area contributed by atoms with E-state index >= 15 is 0 Å². The van der Waals surface area contributed by atoms with Crippen molar-refractivity contribution in [2.75, 3.05) is 5.75 Å². The Balaban J connectivity index is 1.78.